The second-order valence-corrected chi connectivity index (χ2v) is 12.5. The van der Waals surface area contributed by atoms with Crippen molar-refractivity contribution >= 4 is 8.32 Å². The van der Waals surface area contributed by atoms with Crippen LogP contribution >= 0.6 is 0 Å². The van der Waals surface area contributed by atoms with Crippen molar-refractivity contribution in [2.75, 3.05) is 0 Å². The minimum absolute atomic E-state index is 0.271. The van der Waals surface area contributed by atoms with Gasteiger partial charge in [0, 0.05) is 6.42 Å². The van der Waals surface area contributed by atoms with Gasteiger partial charge in [-0.15, -0.1) is 5.92 Å². The lowest BCUT2D eigenvalue weighted by molar-refractivity contribution is 0.146. The van der Waals surface area contributed by atoms with Gasteiger partial charge in [0.15, 0.2) is 8.32 Å². The number of unbranched alkanes of at least 4 members (excludes halogenated alkanes) is 3. The van der Waals surface area contributed by atoms with Gasteiger partial charge in [-0.25, -0.2) is 0 Å². The van der Waals surface area contributed by atoms with E-state index in [1.165, 1.54) is 19.3 Å². The van der Waals surface area contributed by atoms with Crippen molar-refractivity contribution in [2.45, 2.75) is 90.5 Å². The molecular formula is C19H34OSi. The van der Waals surface area contributed by atoms with E-state index in [0.29, 0.717) is 12.0 Å². The highest BCUT2D eigenvalue weighted by Gasteiger charge is 2.40. The zero-order chi connectivity index (χ0) is 15.9. The van der Waals surface area contributed by atoms with Crippen LogP contribution in [0.15, 0.2) is 12.2 Å². The number of hydrogen-bond donors (Lipinski definition) is 0. The van der Waals surface area contributed by atoms with Gasteiger partial charge in [-0.1, -0.05) is 58.6 Å². The van der Waals surface area contributed by atoms with E-state index in [9.17, 15) is 0 Å². The summed E-state index contributed by atoms with van der Waals surface area (Å²) in [4.78, 5) is 0. The second-order valence-electron chi connectivity index (χ2n) is 7.73. The predicted molar refractivity (Wildman–Crippen MR) is 95.9 cm³/mol. The first-order valence-electron chi connectivity index (χ1n) is 8.61. The lowest BCUT2D eigenvalue weighted by atomic mass is 9.93. The molecule has 0 saturated carbocycles. The summed E-state index contributed by atoms with van der Waals surface area (Å²) < 4.78 is 6.62. The third-order valence-electron chi connectivity index (χ3n) is 4.79. The van der Waals surface area contributed by atoms with Gasteiger partial charge in [0.05, 0.1) is 12.0 Å². The minimum Gasteiger partial charge on any atom is -0.412 e. The zero-order valence-corrected chi connectivity index (χ0v) is 16.0. The molecule has 0 unspecified atom stereocenters. The topological polar surface area (TPSA) is 9.23 Å². The van der Waals surface area contributed by atoms with Crippen molar-refractivity contribution in [1.82, 2.24) is 0 Å². The largest absolute Gasteiger partial charge is 0.412 e. The number of hydrogen-bond acceptors (Lipinski definition) is 1. The van der Waals surface area contributed by atoms with Crippen molar-refractivity contribution in [3.8, 4) is 11.8 Å². The fraction of sp³-hybridized carbons (Fsp3) is 0.789. The first kappa shape index (κ1) is 18.5. The summed E-state index contributed by atoms with van der Waals surface area (Å²) in [5, 5.41) is 0.271. The van der Waals surface area contributed by atoms with Crippen LogP contribution in [0.4, 0.5) is 0 Å². The molecule has 1 aliphatic rings. The van der Waals surface area contributed by atoms with Crippen LogP contribution in [-0.4, -0.2) is 14.4 Å². The predicted octanol–water partition coefficient (Wildman–Crippen LogP) is 5.93. The SMILES string of the molecule is CCCCCC#C[C@@H]1C=CCC[C@H]1O[Si](C)(C)C(C)(C)C. The van der Waals surface area contributed by atoms with Crippen LogP contribution in [0.25, 0.3) is 0 Å². The first-order valence-corrected chi connectivity index (χ1v) is 11.5. The van der Waals surface area contributed by atoms with Gasteiger partial charge >= 0.3 is 0 Å². The summed E-state index contributed by atoms with van der Waals surface area (Å²) in [6, 6.07) is 0. The Morgan fingerprint density at radius 2 is 1.95 bits per heavy atom. The summed E-state index contributed by atoms with van der Waals surface area (Å²) in [6.07, 6.45) is 11.9. The first-order chi connectivity index (χ1) is 9.78. The second kappa shape index (κ2) is 8.20. The van der Waals surface area contributed by atoms with E-state index in [1.807, 2.05) is 0 Å². The summed E-state index contributed by atoms with van der Waals surface area (Å²) >= 11 is 0. The highest BCUT2D eigenvalue weighted by atomic mass is 28.4. The molecule has 0 aromatic carbocycles. The van der Waals surface area contributed by atoms with Gasteiger partial charge in [-0.05, 0) is 37.4 Å². The molecule has 0 bridgehead atoms. The van der Waals surface area contributed by atoms with Crippen LogP contribution in [0, 0.1) is 17.8 Å². The van der Waals surface area contributed by atoms with E-state index in [4.69, 9.17) is 4.43 Å². The molecule has 0 aromatic rings. The van der Waals surface area contributed by atoms with Crippen molar-refractivity contribution in [2.24, 2.45) is 5.92 Å². The Balaban J connectivity index is 2.65. The summed E-state index contributed by atoms with van der Waals surface area (Å²) in [6.45, 7) is 13.9. The molecule has 0 aromatic heterocycles. The normalized spacial score (nSPS) is 22.8. The minimum atomic E-state index is -1.70. The standard InChI is InChI=1S/C19H34OSi/c1-7-8-9-10-11-14-17-15-12-13-16-18(17)20-21(5,6)19(2,3)4/h12,15,17-18H,7-10,13,16H2,1-6H3/t17-,18-/m1/s1. The Labute approximate surface area is 133 Å². The molecule has 0 saturated heterocycles. The molecule has 0 N–H and O–H groups in total. The molecule has 2 atom stereocenters. The summed E-state index contributed by atoms with van der Waals surface area (Å²) in [5.74, 6) is 7.14. The van der Waals surface area contributed by atoms with Crippen molar-refractivity contribution in [1.29, 1.82) is 0 Å². The fourth-order valence-electron chi connectivity index (χ4n) is 2.29. The molecule has 1 rings (SSSR count). The highest BCUT2D eigenvalue weighted by Crippen LogP contribution is 2.39. The maximum Gasteiger partial charge on any atom is 0.192 e. The number of rotatable bonds is 5. The highest BCUT2D eigenvalue weighted by molar-refractivity contribution is 6.74. The molecule has 0 radical (unpaired) electrons. The Hall–Kier alpha value is -0.523. The van der Waals surface area contributed by atoms with Crippen LogP contribution in [0.1, 0.15) is 66.2 Å². The van der Waals surface area contributed by atoms with E-state index in [-0.39, 0.29) is 5.04 Å². The van der Waals surface area contributed by atoms with E-state index in [0.717, 1.165) is 19.3 Å². The average Bonchev–Trinajstić information content (AvgIpc) is 2.38. The van der Waals surface area contributed by atoms with E-state index in [2.05, 4.69) is 64.8 Å². The molecule has 0 spiro atoms. The molecule has 1 aliphatic carbocycles. The third kappa shape index (κ3) is 6.00. The fourth-order valence-corrected chi connectivity index (χ4v) is 3.66. The van der Waals surface area contributed by atoms with E-state index < -0.39 is 8.32 Å². The Morgan fingerprint density at radius 3 is 2.57 bits per heavy atom. The maximum absolute atomic E-state index is 6.62. The Morgan fingerprint density at radius 1 is 1.24 bits per heavy atom. The third-order valence-corrected chi connectivity index (χ3v) is 9.29. The molecule has 2 heteroatoms. The zero-order valence-electron chi connectivity index (χ0n) is 15.0. The molecule has 0 aliphatic heterocycles. The monoisotopic (exact) mass is 306 g/mol. The molecular weight excluding hydrogens is 272 g/mol. The summed E-state index contributed by atoms with van der Waals surface area (Å²) in [7, 11) is -1.70. The van der Waals surface area contributed by atoms with Crippen LogP contribution < -0.4 is 0 Å². The van der Waals surface area contributed by atoms with Crippen molar-refractivity contribution < 1.29 is 4.43 Å². The molecule has 120 valence electrons. The van der Waals surface area contributed by atoms with Crippen molar-refractivity contribution in [3.63, 3.8) is 0 Å². The number of allylic oxidation sites excluding steroid dienone is 1. The van der Waals surface area contributed by atoms with Gasteiger partial charge in [0.25, 0.3) is 0 Å². The smallest absolute Gasteiger partial charge is 0.192 e. The van der Waals surface area contributed by atoms with Crippen LogP contribution in [0.2, 0.25) is 18.1 Å². The quantitative estimate of drug-likeness (QED) is 0.265. The van der Waals surface area contributed by atoms with E-state index in [1.54, 1.807) is 0 Å². The van der Waals surface area contributed by atoms with Gasteiger partial charge in [0.2, 0.25) is 0 Å². The Kier molecular flexibility index (Phi) is 7.23. The molecule has 0 fully saturated rings. The average molecular weight is 307 g/mol. The molecule has 0 amide bonds. The van der Waals surface area contributed by atoms with E-state index >= 15 is 0 Å². The molecule has 1 nitrogen and oxygen atoms in total. The molecule has 0 heterocycles. The van der Waals surface area contributed by atoms with Crippen LogP contribution in [-0.2, 0) is 4.43 Å². The van der Waals surface area contributed by atoms with Gasteiger partial charge in [-0.3, -0.25) is 0 Å². The lowest BCUT2D eigenvalue weighted by Gasteiger charge is -2.41. The van der Waals surface area contributed by atoms with Crippen LogP contribution in [0.5, 0.6) is 0 Å². The summed E-state index contributed by atoms with van der Waals surface area (Å²) in [5.41, 5.74) is 0. The lowest BCUT2D eigenvalue weighted by Crippen LogP contribution is -2.45. The molecule has 21 heavy (non-hydrogen) atoms. The van der Waals surface area contributed by atoms with Crippen molar-refractivity contribution in [3.05, 3.63) is 12.2 Å². The van der Waals surface area contributed by atoms with Gasteiger partial charge < -0.3 is 4.43 Å². The Bertz CT molecular complexity index is 392. The van der Waals surface area contributed by atoms with Gasteiger partial charge in [-0.2, -0.15) is 0 Å². The van der Waals surface area contributed by atoms with Crippen LogP contribution in [0.3, 0.4) is 0 Å². The maximum atomic E-state index is 6.62. The van der Waals surface area contributed by atoms with Gasteiger partial charge in [0.1, 0.15) is 0 Å².